The van der Waals surface area contributed by atoms with Gasteiger partial charge in [0.15, 0.2) is 0 Å². The monoisotopic (exact) mass is 398 g/mol. The smallest absolute Gasteiger partial charge is 0.335 e. The molecule has 8 nitrogen and oxygen atoms in total. The van der Waals surface area contributed by atoms with Crippen LogP contribution in [0.4, 0.5) is 0 Å². The SMILES string of the molecule is C.C[C@@H](O)[C@H](NC(=O)c1ccc(C#Cc2ccc(C(=O)O)cc2)cc1)C(=O)NO. The second-order valence-electron chi connectivity index (χ2n) is 5.88. The number of carbonyl (C=O) groups excluding carboxylic acids is 2. The Balaban J connectivity index is 0.00000420. The van der Waals surface area contributed by atoms with Crippen LogP contribution >= 0.6 is 0 Å². The van der Waals surface area contributed by atoms with Crippen LogP contribution in [0.1, 0.15) is 46.2 Å². The summed E-state index contributed by atoms with van der Waals surface area (Å²) in [5.41, 5.74) is 3.07. The Morgan fingerprint density at radius 2 is 1.34 bits per heavy atom. The number of carbonyl (C=O) groups is 3. The lowest BCUT2D eigenvalue weighted by Gasteiger charge is -2.19. The third kappa shape index (κ3) is 6.46. The van der Waals surface area contributed by atoms with E-state index in [9.17, 15) is 19.5 Å². The van der Waals surface area contributed by atoms with Gasteiger partial charge in [0.2, 0.25) is 0 Å². The highest BCUT2D eigenvalue weighted by molar-refractivity contribution is 5.97. The Hall–Kier alpha value is -3.67. The molecule has 0 fully saturated rings. The molecule has 2 aromatic carbocycles. The van der Waals surface area contributed by atoms with Crippen molar-refractivity contribution in [2.75, 3.05) is 0 Å². The summed E-state index contributed by atoms with van der Waals surface area (Å²) in [4.78, 5) is 34.5. The van der Waals surface area contributed by atoms with Crippen LogP contribution < -0.4 is 10.8 Å². The first-order valence-corrected chi connectivity index (χ1v) is 8.20. The number of amides is 2. The minimum Gasteiger partial charge on any atom is -0.478 e. The zero-order valence-electron chi connectivity index (χ0n) is 14.8. The lowest BCUT2D eigenvalue weighted by molar-refractivity contribution is -0.133. The number of aliphatic hydroxyl groups is 1. The molecule has 0 saturated heterocycles. The van der Waals surface area contributed by atoms with E-state index in [0.717, 1.165) is 0 Å². The minimum absolute atomic E-state index is 0. The van der Waals surface area contributed by atoms with Gasteiger partial charge in [-0.2, -0.15) is 0 Å². The van der Waals surface area contributed by atoms with Gasteiger partial charge in [-0.05, 0) is 55.5 Å². The van der Waals surface area contributed by atoms with Crippen LogP contribution in [0, 0.1) is 11.8 Å². The zero-order valence-corrected chi connectivity index (χ0v) is 14.8. The predicted molar refractivity (Wildman–Crippen MR) is 105 cm³/mol. The van der Waals surface area contributed by atoms with Crippen molar-refractivity contribution in [1.29, 1.82) is 0 Å². The average molecular weight is 398 g/mol. The van der Waals surface area contributed by atoms with E-state index in [4.69, 9.17) is 10.3 Å². The highest BCUT2D eigenvalue weighted by Gasteiger charge is 2.25. The second kappa shape index (κ2) is 10.6. The largest absolute Gasteiger partial charge is 0.478 e. The molecule has 2 aromatic rings. The first-order chi connectivity index (χ1) is 13.3. The summed E-state index contributed by atoms with van der Waals surface area (Å²) in [6.45, 7) is 1.31. The molecule has 0 aliphatic heterocycles. The number of hydroxylamine groups is 1. The van der Waals surface area contributed by atoms with E-state index in [1.165, 1.54) is 36.7 Å². The summed E-state index contributed by atoms with van der Waals surface area (Å²) in [6, 6.07) is 11.0. The normalized spacial score (nSPS) is 11.7. The number of aliphatic hydroxyl groups excluding tert-OH is 1. The van der Waals surface area contributed by atoms with Crippen molar-refractivity contribution in [2.24, 2.45) is 0 Å². The van der Waals surface area contributed by atoms with Gasteiger partial charge < -0.3 is 15.5 Å². The molecule has 0 bridgehead atoms. The molecule has 0 saturated carbocycles. The zero-order chi connectivity index (χ0) is 20.7. The van der Waals surface area contributed by atoms with E-state index in [1.807, 2.05) is 0 Å². The van der Waals surface area contributed by atoms with Crippen molar-refractivity contribution >= 4 is 17.8 Å². The molecular formula is C21H22N2O6. The summed E-state index contributed by atoms with van der Waals surface area (Å²) in [7, 11) is 0. The van der Waals surface area contributed by atoms with E-state index in [-0.39, 0.29) is 18.6 Å². The van der Waals surface area contributed by atoms with Crippen LogP contribution in [0.15, 0.2) is 48.5 Å². The number of carboxylic acids is 1. The number of rotatable bonds is 5. The van der Waals surface area contributed by atoms with Crippen LogP contribution in [0.25, 0.3) is 0 Å². The maximum atomic E-state index is 12.2. The van der Waals surface area contributed by atoms with Gasteiger partial charge in [-0.1, -0.05) is 19.3 Å². The summed E-state index contributed by atoms with van der Waals surface area (Å²) < 4.78 is 0. The molecule has 152 valence electrons. The van der Waals surface area contributed by atoms with Crippen molar-refractivity contribution in [2.45, 2.75) is 26.5 Å². The summed E-state index contributed by atoms with van der Waals surface area (Å²) in [6.07, 6.45) is -1.20. The van der Waals surface area contributed by atoms with E-state index >= 15 is 0 Å². The predicted octanol–water partition coefficient (Wildman–Crippen LogP) is 1.41. The molecule has 0 radical (unpaired) electrons. The number of hydrogen-bond donors (Lipinski definition) is 5. The van der Waals surface area contributed by atoms with Crippen molar-refractivity contribution in [1.82, 2.24) is 10.8 Å². The standard InChI is InChI=1S/C20H18N2O6.CH4/c1-12(23)17(19(25)22-28)21-18(24)15-8-4-13(5-9-15)2-3-14-6-10-16(11-7-14)20(26)27;/h4-12,17,23,28H,1H3,(H,21,24)(H,22,25)(H,26,27);1H4/t12-,17+;/m1./s1. The molecule has 2 atom stereocenters. The molecule has 0 spiro atoms. The number of nitrogens with one attached hydrogen (secondary N) is 2. The number of carboxylic acid groups (broad SMARTS) is 1. The van der Waals surface area contributed by atoms with E-state index in [0.29, 0.717) is 11.1 Å². The molecule has 2 rings (SSSR count). The minimum atomic E-state index is -1.30. The van der Waals surface area contributed by atoms with Crippen LogP contribution in [-0.2, 0) is 4.79 Å². The summed E-state index contributed by atoms with van der Waals surface area (Å²) in [5.74, 6) is 3.24. The second-order valence-corrected chi connectivity index (χ2v) is 5.88. The molecule has 0 aliphatic carbocycles. The quantitative estimate of drug-likeness (QED) is 0.293. The average Bonchev–Trinajstić information content (AvgIpc) is 2.70. The van der Waals surface area contributed by atoms with E-state index in [2.05, 4.69) is 17.2 Å². The molecular weight excluding hydrogens is 376 g/mol. The molecule has 29 heavy (non-hydrogen) atoms. The first-order valence-electron chi connectivity index (χ1n) is 8.20. The van der Waals surface area contributed by atoms with Crippen LogP contribution in [0.3, 0.4) is 0 Å². The topological polar surface area (TPSA) is 136 Å². The number of hydrogen-bond acceptors (Lipinski definition) is 5. The van der Waals surface area contributed by atoms with Gasteiger partial charge in [0, 0.05) is 16.7 Å². The Morgan fingerprint density at radius 3 is 1.72 bits per heavy atom. The van der Waals surface area contributed by atoms with Crippen molar-refractivity contribution < 1.29 is 29.8 Å². The molecule has 2 amide bonds. The third-order valence-corrected chi connectivity index (χ3v) is 3.79. The fraction of sp³-hybridized carbons (Fsp3) is 0.190. The van der Waals surface area contributed by atoms with Gasteiger partial charge >= 0.3 is 5.97 Å². The highest BCUT2D eigenvalue weighted by Crippen LogP contribution is 2.07. The maximum Gasteiger partial charge on any atom is 0.335 e. The van der Waals surface area contributed by atoms with Crippen molar-refractivity contribution in [3.63, 3.8) is 0 Å². The summed E-state index contributed by atoms with van der Waals surface area (Å²) in [5, 5.41) is 29.4. The Morgan fingerprint density at radius 1 is 0.897 bits per heavy atom. The first kappa shape index (κ1) is 23.4. The fourth-order valence-electron chi connectivity index (χ4n) is 2.24. The molecule has 8 heteroatoms. The van der Waals surface area contributed by atoms with Gasteiger partial charge in [-0.3, -0.25) is 14.8 Å². The summed E-state index contributed by atoms with van der Waals surface area (Å²) >= 11 is 0. The molecule has 5 N–H and O–H groups in total. The van der Waals surface area contributed by atoms with Crippen LogP contribution in [0.2, 0.25) is 0 Å². The Labute approximate surface area is 168 Å². The lowest BCUT2D eigenvalue weighted by atomic mass is 10.1. The van der Waals surface area contributed by atoms with Crippen molar-refractivity contribution in [3.05, 3.63) is 70.8 Å². The maximum absolute atomic E-state index is 12.2. The molecule has 0 heterocycles. The van der Waals surface area contributed by atoms with Gasteiger partial charge in [0.05, 0.1) is 11.7 Å². The Kier molecular flexibility index (Phi) is 8.55. The van der Waals surface area contributed by atoms with Crippen LogP contribution in [-0.4, -0.2) is 45.3 Å². The van der Waals surface area contributed by atoms with Crippen molar-refractivity contribution in [3.8, 4) is 11.8 Å². The molecule has 0 unspecified atom stereocenters. The molecule has 0 aromatic heterocycles. The van der Waals surface area contributed by atoms with E-state index in [1.54, 1.807) is 24.3 Å². The third-order valence-electron chi connectivity index (χ3n) is 3.79. The van der Waals surface area contributed by atoms with E-state index < -0.39 is 29.9 Å². The fourth-order valence-corrected chi connectivity index (χ4v) is 2.24. The van der Waals surface area contributed by atoms with Gasteiger partial charge in [0.25, 0.3) is 11.8 Å². The van der Waals surface area contributed by atoms with Crippen LogP contribution in [0.5, 0.6) is 0 Å². The Bertz CT molecular complexity index is 924. The number of aromatic carboxylic acids is 1. The van der Waals surface area contributed by atoms with Gasteiger partial charge in [0.1, 0.15) is 6.04 Å². The highest BCUT2D eigenvalue weighted by atomic mass is 16.5. The van der Waals surface area contributed by atoms with Gasteiger partial charge in [-0.25, -0.2) is 10.3 Å². The number of benzene rings is 2. The van der Waals surface area contributed by atoms with Gasteiger partial charge in [-0.15, -0.1) is 0 Å². The lowest BCUT2D eigenvalue weighted by Crippen LogP contribution is -2.51. The molecule has 0 aliphatic rings.